The zero-order valence-corrected chi connectivity index (χ0v) is 10.2. The minimum Gasteiger partial charge on any atom is -0.249 e. The van der Waals surface area contributed by atoms with Gasteiger partial charge in [0.15, 0.2) is 0 Å². The van der Waals surface area contributed by atoms with E-state index in [-0.39, 0.29) is 0 Å². The molecule has 1 aromatic carbocycles. The maximum Gasteiger partial charge on any atom is 0.0971 e. The predicted molar refractivity (Wildman–Crippen MR) is 63.8 cm³/mol. The molecule has 0 amide bonds. The molecule has 1 nitrogen and oxygen atoms in total. The molecule has 14 heavy (non-hydrogen) atoms. The highest BCUT2D eigenvalue weighted by atomic mass is 79.9. The molecule has 0 aliphatic rings. The van der Waals surface area contributed by atoms with Crippen molar-refractivity contribution in [1.82, 2.24) is 4.98 Å². The van der Waals surface area contributed by atoms with E-state index in [1.54, 1.807) is 11.3 Å². The van der Waals surface area contributed by atoms with Crippen molar-refractivity contribution in [2.45, 2.75) is 13.3 Å². The van der Waals surface area contributed by atoms with Crippen molar-refractivity contribution in [2.75, 3.05) is 0 Å². The molecule has 0 saturated carbocycles. The highest BCUT2D eigenvalue weighted by molar-refractivity contribution is 9.10. The van der Waals surface area contributed by atoms with Gasteiger partial charge in [0.25, 0.3) is 0 Å². The van der Waals surface area contributed by atoms with Gasteiger partial charge in [-0.2, -0.15) is 0 Å². The molecule has 0 aliphatic heterocycles. The van der Waals surface area contributed by atoms with Crippen LogP contribution in [0, 0.1) is 6.92 Å². The van der Waals surface area contributed by atoms with Crippen LogP contribution in [0.1, 0.15) is 15.4 Å². The first-order chi connectivity index (χ1) is 6.74. The summed E-state index contributed by atoms with van der Waals surface area (Å²) in [4.78, 5) is 5.62. The standard InChI is InChI=1S/C11H10BrNS/c1-8-7-13-11(14-8)6-9-2-4-10(12)5-3-9/h2-5,7H,6H2,1H3. The molecule has 2 rings (SSSR count). The van der Waals surface area contributed by atoms with Crippen molar-refractivity contribution < 1.29 is 0 Å². The lowest BCUT2D eigenvalue weighted by molar-refractivity contribution is 1.13. The van der Waals surface area contributed by atoms with Gasteiger partial charge in [-0.05, 0) is 24.6 Å². The molecule has 3 heteroatoms. The van der Waals surface area contributed by atoms with Gasteiger partial charge in [0, 0.05) is 22.0 Å². The third kappa shape index (κ3) is 2.42. The summed E-state index contributed by atoms with van der Waals surface area (Å²) < 4.78 is 1.12. The predicted octanol–water partition coefficient (Wildman–Crippen LogP) is 3.80. The first-order valence-electron chi connectivity index (χ1n) is 4.40. The fourth-order valence-corrected chi connectivity index (χ4v) is 2.35. The van der Waals surface area contributed by atoms with Gasteiger partial charge in [0.05, 0.1) is 5.01 Å². The van der Waals surface area contributed by atoms with Crippen molar-refractivity contribution in [3.63, 3.8) is 0 Å². The first-order valence-corrected chi connectivity index (χ1v) is 6.01. The van der Waals surface area contributed by atoms with E-state index < -0.39 is 0 Å². The van der Waals surface area contributed by atoms with Crippen LogP contribution in [0.3, 0.4) is 0 Å². The number of benzene rings is 1. The molecular weight excluding hydrogens is 258 g/mol. The fourth-order valence-electron chi connectivity index (χ4n) is 1.26. The monoisotopic (exact) mass is 267 g/mol. The second kappa shape index (κ2) is 4.24. The smallest absolute Gasteiger partial charge is 0.0971 e. The number of thiazole rings is 1. The lowest BCUT2D eigenvalue weighted by atomic mass is 10.2. The Bertz CT molecular complexity index is 419. The zero-order chi connectivity index (χ0) is 9.97. The highest BCUT2D eigenvalue weighted by Gasteiger charge is 2.00. The molecule has 0 radical (unpaired) electrons. The topological polar surface area (TPSA) is 12.9 Å². The number of nitrogens with zero attached hydrogens (tertiary/aromatic N) is 1. The van der Waals surface area contributed by atoms with Crippen molar-refractivity contribution >= 4 is 27.3 Å². The summed E-state index contributed by atoms with van der Waals surface area (Å²) in [5.74, 6) is 0. The molecule has 0 saturated heterocycles. The van der Waals surface area contributed by atoms with Crippen LogP contribution in [0.4, 0.5) is 0 Å². The van der Waals surface area contributed by atoms with E-state index in [2.05, 4.69) is 52.1 Å². The number of hydrogen-bond donors (Lipinski definition) is 0. The van der Waals surface area contributed by atoms with E-state index in [9.17, 15) is 0 Å². The lowest BCUT2D eigenvalue weighted by Gasteiger charge is -1.97. The average molecular weight is 268 g/mol. The number of aromatic nitrogens is 1. The van der Waals surface area contributed by atoms with E-state index in [1.807, 2.05) is 6.20 Å². The average Bonchev–Trinajstić information content (AvgIpc) is 2.56. The molecule has 0 unspecified atom stereocenters. The Labute approximate surface area is 95.9 Å². The lowest BCUT2D eigenvalue weighted by Crippen LogP contribution is -1.85. The Morgan fingerprint density at radius 1 is 1.29 bits per heavy atom. The Kier molecular flexibility index (Phi) is 2.99. The maximum atomic E-state index is 4.34. The third-order valence-corrected chi connectivity index (χ3v) is 3.38. The van der Waals surface area contributed by atoms with Gasteiger partial charge < -0.3 is 0 Å². The van der Waals surface area contributed by atoms with Gasteiger partial charge in [-0.15, -0.1) is 11.3 Å². The van der Waals surface area contributed by atoms with Gasteiger partial charge >= 0.3 is 0 Å². The van der Waals surface area contributed by atoms with E-state index in [1.165, 1.54) is 15.4 Å². The van der Waals surface area contributed by atoms with Crippen LogP contribution < -0.4 is 0 Å². The summed E-state index contributed by atoms with van der Waals surface area (Å²) >= 11 is 5.19. The summed E-state index contributed by atoms with van der Waals surface area (Å²) in [6, 6.07) is 8.38. The molecule has 0 atom stereocenters. The van der Waals surface area contributed by atoms with E-state index in [0.717, 1.165) is 10.9 Å². The van der Waals surface area contributed by atoms with E-state index in [0.29, 0.717) is 0 Å². The molecule has 0 N–H and O–H groups in total. The van der Waals surface area contributed by atoms with Gasteiger partial charge in [0.1, 0.15) is 0 Å². The normalized spacial score (nSPS) is 10.4. The molecule has 0 spiro atoms. The molecule has 0 fully saturated rings. The van der Waals surface area contributed by atoms with Crippen LogP contribution >= 0.6 is 27.3 Å². The summed E-state index contributed by atoms with van der Waals surface area (Å²) in [7, 11) is 0. The van der Waals surface area contributed by atoms with Crippen LogP contribution in [0.25, 0.3) is 0 Å². The summed E-state index contributed by atoms with van der Waals surface area (Å²) in [6.07, 6.45) is 2.87. The number of aryl methyl sites for hydroxylation is 1. The fraction of sp³-hybridized carbons (Fsp3) is 0.182. The summed E-state index contributed by atoms with van der Waals surface area (Å²) in [5, 5.41) is 1.19. The molecule has 1 heterocycles. The molecule has 2 aromatic rings. The maximum absolute atomic E-state index is 4.34. The van der Waals surface area contributed by atoms with Crippen LogP contribution in [0.2, 0.25) is 0 Å². The Hall–Kier alpha value is -0.670. The highest BCUT2D eigenvalue weighted by Crippen LogP contribution is 2.17. The Morgan fingerprint density at radius 2 is 2.00 bits per heavy atom. The van der Waals surface area contributed by atoms with Crippen LogP contribution in [-0.2, 0) is 6.42 Å². The molecule has 1 aromatic heterocycles. The minimum absolute atomic E-state index is 0.936. The molecule has 0 bridgehead atoms. The molecule has 72 valence electrons. The summed E-state index contributed by atoms with van der Waals surface area (Å²) in [6.45, 7) is 2.09. The second-order valence-electron chi connectivity index (χ2n) is 3.17. The number of rotatable bonds is 2. The Balaban J connectivity index is 2.15. The molecular formula is C11H10BrNS. The van der Waals surface area contributed by atoms with E-state index in [4.69, 9.17) is 0 Å². The largest absolute Gasteiger partial charge is 0.249 e. The van der Waals surface area contributed by atoms with Crippen molar-refractivity contribution in [1.29, 1.82) is 0 Å². The van der Waals surface area contributed by atoms with Gasteiger partial charge in [-0.3, -0.25) is 0 Å². The van der Waals surface area contributed by atoms with Gasteiger partial charge in [-0.1, -0.05) is 28.1 Å². The van der Waals surface area contributed by atoms with Gasteiger partial charge in [-0.25, -0.2) is 4.98 Å². The van der Waals surface area contributed by atoms with Crippen molar-refractivity contribution in [3.05, 3.63) is 50.4 Å². The second-order valence-corrected chi connectivity index (χ2v) is 5.40. The van der Waals surface area contributed by atoms with E-state index >= 15 is 0 Å². The first kappa shape index (κ1) is 9.87. The molecule has 0 aliphatic carbocycles. The number of hydrogen-bond acceptors (Lipinski definition) is 2. The van der Waals surface area contributed by atoms with Crippen molar-refractivity contribution in [2.24, 2.45) is 0 Å². The van der Waals surface area contributed by atoms with Crippen LogP contribution in [0.15, 0.2) is 34.9 Å². The minimum atomic E-state index is 0.936. The quantitative estimate of drug-likeness (QED) is 0.807. The Morgan fingerprint density at radius 3 is 2.57 bits per heavy atom. The van der Waals surface area contributed by atoms with Gasteiger partial charge in [0.2, 0.25) is 0 Å². The van der Waals surface area contributed by atoms with Crippen molar-refractivity contribution in [3.8, 4) is 0 Å². The SMILES string of the molecule is Cc1cnc(Cc2ccc(Br)cc2)s1. The summed E-state index contributed by atoms with van der Waals surface area (Å²) in [5.41, 5.74) is 1.31. The van der Waals surface area contributed by atoms with Crippen LogP contribution in [0.5, 0.6) is 0 Å². The van der Waals surface area contributed by atoms with Crippen LogP contribution in [-0.4, -0.2) is 4.98 Å². The number of halogens is 1. The third-order valence-electron chi connectivity index (χ3n) is 1.94. The zero-order valence-electron chi connectivity index (χ0n) is 7.83.